The molecule has 0 bridgehead atoms. The van der Waals surface area contributed by atoms with Gasteiger partial charge in [0, 0.05) is 55.3 Å². The summed E-state index contributed by atoms with van der Waals surface area (Å²) in [6.07, 6.45) is 5.69. The van der Waals surface area contributed by atoms with Gasteiger partial charge in [0.1, 0.15) is 5.82 Å². The minimum Gasteiger partial charge on any atom is -0.326 e. The number of rotatable bonds is 4. The van der Waals surface area contributed by atoms with Crippen molar-refractivity contribution in [2.75, 3.05) is 10.6 Å². The molecule has 142 valence electrons. The van der Waals surface area contributed by atoms with Gasteiger partial charge >= 0.3 is 0 Å². The van der Waals surface area contributed by atoms with Crippen LogP contribution < -0.4 is 10.6 Å². The van der Waals surface area contributed by atoms with Gasteiger partial charge in [-0.05, 0) is 37.6 Å². The summed E-state index contributed by atoms with van der Waals surface area (Å²) in [5, 5.41) is 11.3. The highest BCUT2D eigenvalue weighted by Gasteiger charge is 2.13. The minimum absolute atomic E-state index is 0.0895. The Morgan fingerprint density at radius 2 is 1.96 bits per heavy atom. The third-order valence-electron chi connectivity index (χ3n) is 4.45. The Kier molecular flexibility index (Phi) is 4.31. The predicted molar refractivity (Wildman–Crippen MR) is 109 cm³/mol. The van der Waals surface area contributed by atoms with Crippen molar-refractivity contribution in [3.05, 3.63) is 54.0 Å². The maximum Gasteiger partial charge on any atom is 0.230 e. The molecule has 8 nitrogen and oxygen atoms in total. The van der Waals surface area contributed by atoms with E-state index in [1.807, 2.05) is 62.1 Å². The van der Waals surface area contributed by atoms with Crippen molar-refractivity contribution >= 4 is 34.3 Å². The van der Waals surface area contributed by atoms with Gasteiger partial charge < -0.3 is 15.2 Å². The molecule has 28 heavy (non-hydrogen) atoms. The largest absolute Gasteiger partial charge is 0.326 e. The Labute approximate surface area is 162 Å². The summed E-state index contributed by atoms with van der Waals surface area (Å²) in [5.74, 6) is 1.87. The predicted octanol–water partition coefficient (Wildman–Crippen LogP) is 3.47. The first-order valence-corrected chi connectivity index (χ1v) is 8.90. The van der Waals surface area contributed by atoms with E-state index in [2.05, 4.69) is 20.7 Å². The highest BCUT2D eigenvalue weighted by molar-refractivity contribution is 5.94. The van der Waals surface area contributed by atoms with Gasteiger partial charge in [-0.1, -0.05) is 0 Å². The molecule has 0 aliphatic heterocycles. The zero-order valence-electron chi connectivity index (χ0n) is 16.2. The molecule has 0 saturated heterocycles. The Morgan fingerprint density at radius 1 is 1.14 bits per heavy atom. The maximum atomic E-state index is 11.3. The third kappa shape index (κ3) is 3.32. The summed E-state index contributed by atoms with van der Waals surface area (Å²) in [7, 11) is 1.86. The molecule has 0 unspecified atom stereocenters. The van der Waals surface area contributed by atoms with E-state index < -0.39 is 0 Å². The van der Waals surface area contributed by atoms with Crippen molar-refractivity contribution < 1.29 is 4.79 Å². The first-order valence-electron chi connectivity index (χ1n) is 8.90. The quantitative estimate of drug-likeness (QED) is 0.570. The van der Waals surface area contributed by atoms with Crippen LogP contribution in [0.2, 0.25) is 0 Å². The van der Waals surface area contributed by atoms with Crippen LogP contribution >= 0.6 is 0 Å². The highest BCUT2D eigenvalue weighted by atomic mass is 16.1. The highest BCUT2D eigenvalue weighted by Crippen LogP contribution is 2.28. The van der Waals surface area contributed by atoms with Crippen LogP contribution in [0.3, 0.4) is 0 Å². The number of nitrogens with one attached hydrogen (secondary N) is 2. The monoisotopic (exact) mass is 375 g/mol. The van der Waals surface area contributed by atoms with Crippen LogP contribution in [0.25, 0.3) is 16.7 Å². The van der Waals surface area contributed by atoms with E-state index in [1.54, 1.807) is 10.9 Å². The van der Waals surface area contributed by atoms with E-state index in [9.17, 15) is 4.79 Å². The van der Waals surface area contributed by atoms with Crippen LogP contribution in [0, 0.1) is 13.8 Å². The number of hydrogen-bond donors (Lipinski definition) is 2. The van der Waals surface area contributed by atoms with Crippen LogP contribution in [-0.2, 0) is 11.8 Å². The smallest absolute Gasteiger partial charge is 0.230 e. The Bertz CT molecular complexity index is 1190. The van der Waals surface area contributed by atoms with E-state index in [1.165, 1.54) is 6.92 Å². The molecule has 0 aliphatic carbocycles. The van der Waals surface area contributed by atoms with Crippen molar-refractivity contribution in [1.82, 2.24) is 24.3 Å². The van der Waals surface area contributed by atoms with Crippen molar-refractivity contribution in [2.24, 2.45) is 7.05 Å². The van der Waals surface area contributed by atoms with E-state index in [4.69, 9.17) is 4.98 Å². The molecule has 0 atom stereocenters. The number of aryl methyl sites for hydroxylation is 3. The van der Waals surface area contributed by atoms with Gasteiger partial charge in [0.15, 0.2) is 5.82 Å². The number of benzene rings is 1. The van der Waals surface area contributed by atoms with Crippen molar-refractivity contribution in [3.63, 3.8) is 0 Å². The van der Waals surface area contributed by atoms with E-state index in [0.29, 0.717) is 11.8 Å². The lowest BCUT2D eigenvalue weighted by Gasteiger charge is -2.10. The molecule has 4 aromatic rings. The summed E-state index contributed by atoms with van der Waals surface area (Å²) in [6, 6.07) is 7.72. The van der Waals surface area contributed by atoms with Crippen molar-refractivity contribution in [3.8, 4) is 5.82 Å². The minimum atomic E-state index is -0.0895. The molecule has 4 rings (SSSR count). The second kappa shape index (κ2) is 6.80. The zero-order chi connectivity index (χ0) is 19.8. The van der Waals surface area contributed by atoms with Gasteiger partial charge in [-0.2, -0.15) is 10.1 Å². The Morgan fingerprint density at radius 3 is 2.68 bits per heavy atom. The van der Waals surface area contributed by atoms with Gasteiger partial charge in [0.2, 0.25) is 11.9 Å². The Hall–Kier alpha value is -3.68. The molecule has 1 aromatic carbocycles. The molecular weight excluding hydrogens is 354 g/mol. The number of nitrogens with zero attached hydrogens (tertiary/aromatic N) is 5. The average molecular weight is 375 g/mol. The lowest BCUT2D eigenvalue weighted by atomic mass is 10.2. The van der Waals surface area contributed by atoms with Crippen molar-refractivity contribution in [1.29, 1.82) is 0 Å². The van der Waals surface area contributed by atoms with Gasteiger partial charge in [0.25, 0.3) is 0 Å². The summed E-state index contributed by atoms with van der Waals surface area (Å²) >= 11 is 0. The molecule has 0 fully saturated rings. The number of anilines is 3. The normalized spacial score (nSPS) is 11.0. The van der Waals surface area contributed by atoms with Gasteiger partial charge in [-0.3, -0.25) is 9.48 Å². The van der Waals surface area contributed by atoms with Gasteiger partial charge in [-0.15, -0.1) is 0 Å². The van der Waals surface area contributed by atoms with Crippen LogP contribution in [-0.4, -0.2) is 30.2 Å². The topological polar surface area (TPSA) is 89.7 Å². The summed E-state index contributed by atoms with van der Waals surface area (Å²) in [5.41, 5.74) is 3.84. The first-order chi connectivity index (χ1) is 13.4. The zero-order valence-corrected chi connectivity index (χ0v) is 16.2. The first kappa shape index (κ1) is 17.7. The molecule has 0 radical (unpaired) electrons. The molecule has 0 saturated carbocycles. The number of carbonyl (C=O) groups excluding carboxylic acids is 1. The molecule has 0 aliphatic rings. The third-order valence-corrected chi connectivity index (χ3v) is 4.45. The van der Waals surface area contributed by atoms with Crippen LogP contribution in [0.4, 0.5) is 17.5 Å². The molecular formula is C20H21N7O. The number of aromatic nitrogens is 5. The summed E-state index contributed by atoms with van der Waals surface area (Å²) in [4.78, 5) is 20.4. The molecule has 8 heteroatoms. The number of carbonyl (C=O) groups is 1. The molecule has 3 heterocycles. The average Bonchev–Trinajstić information content (AvgIpc) is 3.19. The fourth-order valence-electron chi connectivity index (χ4n) is 3.18. The Balaban J connectivity index is 1.76. The lowest BCUT2D eigenvalue weighted by Crippen LogP contribution is -2.06. The van der Waals surface area contributed by atoms with Crippen LogP contribution in [0.5, 0.6) is 0 Å². The van der Waals surface area contributed by atoms with Gasteiger partial charge in [-0.25, -0.2) is 4.98 Å². The second-order valence-corrected chi connectivity index (χ2v) is 6.80. The fourth-order valence-corrected chi connectivity index (χ4v) is 3.18. The van der Waals surface area contributed by atoms with E-state index in [0.717, 1.165) is 33.5 Å². The summed E-state index contributed by atoms with van der Waals surface area (Å²) in [6.45, 7) is 5.52. The lowest BCUT2D eigenvalue weighted by molar-refractivity contribution is -0.114. The van der Waals surface area contributed by atoms with E-state index >= 15 is 0 Å². The fraction of sp³-hybridized carbons (Fsp3) is 0.200. The van der Waals surface area contributed by atoms with Crippen molar-refractivity contribution in [2.45, 2.75) is 20.8 Å². The van der Waals surface area contributed by atoms with Crippen LogP contribution in [0.1, 0.15) is 18.1 Å². The van der Waals surface area contributed by atoms with E-state index in [-0.39, 0.29) is 5.91 Å². The standard InChI is InChI=1S/C20H21N7O/c1-12-10-21-20(23-18-7-8-26(4)25-18)24-19(12)27-11-13(2)16-9-15(22-14(3)28)5-6-17(16)27/h5-11H,1-4H3,(H,22,28)(H,21,23,24,25). The maximum absolute atomic E-state index is 11.3. The molecule has 0 spiro atoms. The molecule has 2 N–H and O–H groups in total. The number of amides is 1. The molecule has 3 aromatic heterocycles. The summed E-state index contributed by atoms with van der Waals surface area (Å²) < 4.78 is 3.76. The van der Waals surface area contributed by atoms with Gasteiger partial charge in [0.05, 0.1) is 5.52 Å². The molecule has 1 amide bonds. The van der Waals surface area contributed by atoms with Crippen LogP contribution in [0.15, 0.2) is 42.9 Å². The number of fused-ring (bicyclic) bond motifs is 1. The SMILES string of the molecule is CC(=O)Nc1ccc2c(c1)c(C)cn2-c1nc(Nc2ccn(C)n2)ncc1C. The second-order valence-electron chi connectivity index (χ2n) is 6.80. The number of hydrogen-bond acceptors (Lipinski definition) is 5.